The molecular weight excluding hydrogens is 470 g/mol. The zero-order valence-electron chi connectivity index (χ0n) is 17.3. The van der Waals surface area contributed by atoms with Crippen LogP contribution in [0.2, 0.25) is 0 Å². The molecule has 0 radical (unpaired) electrons. The Morgan fingerprint density at radius 3 is 2.09 bits per heavy atom. The van der Waals surface area contributed by atoms with E-state index in [4.69, 9.17) is 4.74 Å². The first-order valence-electron chi connectivity index (χ1n) is 10.6. The number of rotatable bonds is 4. The summed E-state index contributed by atoms with van der Waals surface area (Å²) >= 11 is 3.41. The summed E-state index contributed by atoms with van der Waals surface area (Å²) in [6.07, 6.45) is -0.460. The first-order chi connectivity index (χ1) is 15.5. The molecule has 3 aromatic carbocycles. The van der Waals surface area contributed by atoms with Gasteiger partial charge in [0.25, 0.3) is 0 Å². The maximum Gasteiger partial charge on any atom is 0.409 e. The van der Waals surface area contributed by atoms with Crippen LogP contribution in [0.5, 0.6) is 0 Å². The molecule has 2 atom stereocenters. The second-order valence-electron chi connectivity index (χ2n) is 8.31. The highest BCUT2D eigenvalue weighted by Crippen LogP contribution is 2.44. The van der Waals surface area contributed by atoms with Crippen molar-refractivity contribution in [1.29, 1.82) is 0 Å². The lowest BCUT2D eigenvalue weighted by Gasteiger charge is -2.19. The fourth-order valence-electron chi connectivity index (χ4n) is 4.94. The molecule has 0 saturated carbocycles. The van der Waals surface area contributed by atoms with Crippen molar-refractivity contribution in [2.45, 2.75) is 11.8 Å². The number of aliphatic carboxylic acids is 1. The second kappa shape index (κ2) is 8.43. The number of amides is 1. The molecule has 1 N–H and O–H groups in total. The number of hydrogen-bond donors (Lipinski definition) is 1. The van der Waals surface area contributed by atoms with Gasteiger partial charge in [0.2, 0.25) is 0 Å². The van der Waals surface area contributed by atoms with Crippen molar-refractivity contribution in [1.82, 2.24) is 4.90 Å². The lowest BCUT2D eigenvalue weighted by Crippen LogP contribution is -2.31. The molecule has 1 aliphatic heterocycles. The van der Waals surface area contributed by atoms with E-state index >= 15 is 0 Å². The Balaban J connectivity index is 1.32. The number of ether oxygens (including phenoxy) is 1. The summed E-state index contributed by atoms with van der Waals surface area (Å²) in [7, 11) is 0. The number of carbonyl (C=O) groups is 2. The number of halogens is 1. The van der Waals surface area contributed by atoms with E-state index in [2.05, 4.69) is 40.2 Å². The quantitative estimate of drug-likeness (QED) is 0.523. The van der Waals surface area contributed by atoms with E-state index in [-0.39, 0.29) is 25.0 Å². The van der Waals surface area contributed by atoms with E-state index in [1.165, 1.54) is 16.0 Å². The summed E-state index contributed by atoms with van der Waals surface area (Å²) in [5.41, 5.74) is 5.56. The van der Waals surface area contributed by atoms with Crippen molar-refractivity contribution in [2.24, 2.45) is 5.92 Å². The topological polar surface area (TPSA) is 66.8 Å². The van der Waals surface area contributed by atoms with Crippen LogP contribution < -0.4 is 0 Å². The van der Waals surface area contributed by atoms with E-state index in [0.29, 0.717) is 6.54 Å². The summed E-state index contributed by atoms with van der Waals surface area (Å²) in [6.45, 7) is 0.700. The zero-order chi connectivity index (χ0) is 22.2. The lowest BCUT2D eigenvalue weighted by atomic mass is 9.89. The van der Waals surface area contributed by atoms with Gasteiger partial charge in [-0.2, -0.15) is 0 Å². The average molecular weight is 492 g/mol. The summed E-state index contributed by atoms with van der Waals surface area (Å²) in [6, 6.07) is 24.0. The van der Waals surface area contributed by atoms with Crippen molar-refractivity contribution in [3.05, 3.63) is 94.0 Å². The maximum absolute atomic E-state index is 12.9. The van der Waals surface area contributed by atoms with Crippen molar-refractivity contribution in [2.75, 3.05) is 19.7 Å². The van der Waals surface area contributed by atoms with Crippen LogP contribution in [0.25, 0.3) is 11.1 Å². The van der Waals surface area contributed by atoms with Gasteiger partial charge in [0.15, 0.2) is 0 Å². The van der Waals surface area contributed by atoms with E-state index in [1.54, 1.807) is 0 Å². The molecule has 1 saturated heterocycles. The minimum Gasteiger partial charge on any atom is -0.481 e. The number of nitrogens with zero attached hydrogens (tertiary/aromatic N) is 1. The van der Waals surface area contributed by atoms with E-state index in [0.717, 1.165) is 21.2 Å². The van der Waals surface area contributed by atoms with Crippen molar-refractivity contribution in [3.8, 4) is 11.1 Å². The minimum absolute atomic E-state index is 0.0218. The summed E-state index contributed by atoms with van der Waals surface area (Å²) < 4.78 is 6.67. The molecule has 1 fully saturated rings. The van der Waals surface area contributed by atoms with Crippen LogP contribution in [-0.4, -0.2) is 41.8 Å². The van der Waals surface area contributed by atoms with Gasteiger partial charge in [-0.15, -0.1) is 0 Å². The molecular formula is C26H22BrNO4. The molecule has 162 valence electrons. The third kappa shape index (κ3) is 3.69. The van der Waals surface area contributed by atoms with E-state index < -0.39 is 18.0 Å². The molecule has 0 spiro atoms. The Hall–Kier alpha value is -3.12. The number of hydrogen-bond acceptors (Lipinski definition) is 3. The number of benzene rings is 3. The highest BCUT2D eigenvalue weighted by Gasteiger charge is 2.41. The largest absolute Gasteiger partial charge is 0.481 e. The molecule has 1 aliphatic carbocycles. The average Bonchev–Trinajstić information content (AvgIpc) is 3.39. The molecule has 5 rings (SSSR count). The first-order valence-corrected chi connectivity index (χ1v) is 11.4. The van der Waals surface area contributed by atoms with Gasteiger partial charge in [-0.25, -0.2) is 4.79 Å². The van der Waals surface area contributed by atoms with Gasteiger partial charge in [-0.1, -0.05) is 76.6 Å². The van der Waals surface area contributed by atoms with Crippen LogP contribution in [0, 0.1) is 5.92 Å². The molecule has 0 bridgehead atoms. The van der Waals surface area contributed by atoms with Crippen LogP contribution in [0.15, 0.2) is 77.3 Å². The number of carboxylic acid groups (broad SMARTS) is 1. The zero-order valence-corrected chi connectivity index (χ0v) is 18.9. The van der Waals surface area contributed by atoms with Crippen LogP contribution in [0.4, 0.5) is 4.79 Å². The lowest BCUT2D eigenvalue weighted by molar-refractivity contribution is -0.141. The summed E-state index contributed by atoms with van der Waals surface area (Å²) in [5.74, 6) is -1.84. The number of carboxylic acids is 1. The predicted molar refractivity (Wildman–Crippen MR) is 125 cm³/mol. The van der Waals surface area contributed by atoms with Gasteiger partial charge in [0, 0.05) is 29.4 Å². The minimum atomic E-state index is -0.896. The Kier molecular flexibility index (Phi) is 5.47. The standard InChI is InChI=1S/C26H22BrNO4/c27-17-11-9-16(10-12-17)22-13-28(14-23(22)25(29)30)26(31)32-15-24-20-7-3-1-5-18(20)19-6-2-4-8-21(19)24/h1-12,22-24H,13-15H2,(H,29,30)/t22-,23+/m0/s1. The molecule has 1 amide bonds. The molecule has 2 aliphatic rings. The highest BCUT2D eigenvalue weighted by molar-refractivity contribution is 9.10. The summed E-state index contributed by atoms with van der Waals surface area (Å²) in [4.78, 5) is 26.3. The Bertz CT molecular complexity index is 1130. The fourth-order valence-corrected chi connectivity index (χ4v) is 5.20. The smallest absolute Gasteiger partial charge is 0.409 e. The van der Waals surface area contributed by atoms with Crippen LogP contribution >= 0.6 is 15.9 Å². The monoisotopic (exact) mass is 491 g/mol. The molecule has 5 nitrogen and oxygen atoms in total. The van der Waals surface area contributed by atoms with Gasteiger partial charge >= 0.3 is 12.1 Å². The predicted octanol–water partition coefficient (Wildman–Crippen LogP) is 5.50. The van der Waals surface area contributed by atoms with E-state index in [9.17, 15) is 14.7 Å². The van der Waals surface area contributed by atoms with Crippen molar-refractivity contribution >= 4 is 28.0 Å². The Morgan fingerprint density at radius 1 is 0.906 bits per heavy atom. The third-order valence-corrected chi connectivity index (χ3v) is 7.06. The normalized spacial score (nSPS) is 19.5. The molecule has 6 heteroatoms. The maximum atomic E-state index is 12.9. The van der Waals surface area contributed by atoms with Crippen molar-refractivity contribution < 1.29 is 19.4 Å². The Labute approximate surface area is 194 Å². The Morgan fingerprint density at radius 2 is 1.50 bits per heavy atom. The molecule has 3 aromatic rings. The fraction of sp³-hybridized carbons (Fsp3) is 0.231. The van der Waals surface area contributed by atoms with Crippen molar-refractivity contribution in [3.63, 3.8) is 0 Å². The highest BCUT2D eigenvalue weighted by atomic mass is 79.9. The van der Waals surface area contributed by atoms with Gasteiger partial charge in [-0.05, 0) is 39.9 Å². The van der Waals surface area contributed by atoms with E-state index in [1.807, 2.05) is 48.5 Å². The SMILES string of the molecule is O=C(O)[C@@H]1CN(C(=O)OCC2c3ccccc3-c3ccccc32)C[C@H]1c1ccc(Br)cc1. The molecule has 32 heavy (non-hydrogen) atoms. The summed E-state index contributed by atoms with van der Waals surface area (Å²) in [5, 5.41) is 9.73. The van der Waals surface area contributed by atoms with Gasteiger partial charge in [0.1, 0.15) is 6.61 Å². The first kappa shape index (κ1) is 20.8. The molecule has 1 heterocycles. The number of likely N-dealkylation sites (tertiary alicyclic amines) is 1. The number of fused-ring (bicyclic) bond motifs is 3. The molecule has 0 aromatic heterocycles. The molecule has 0 unspecified atom stereocenters. The van der Waals surface area contributed by atoms with Crippen LogP contribution in [-0.2, 0) is 9.53 Å². The van der Waals surface area contributed by atoms with Gasteiger partial charge in [-0.3, -0.25) is 4.79 Å². The number of carbonyl (C=O) groups excluding carboxylic acids is 1. The third-order valence-electron chi connectivity index (χ3n) is 6.53. The van der Waals surface area contributed by atoms with Gasteiger partial charge < -0.3 is 14.7 Å². The van der Waals surface area contributed by atoms with Crippen LogP contribution in [0.1, 0.15) is 28.5 Å². The van der Waals surface area contributed by atoms with Crippen LogP contribution in [0.3, 0.4) is 0 Å². The second-order valence-corrected chi connectivity index (χ2v) is 9.23. The van der Waals surface area contributed by atoms with Gasteiger partial charge in [0.05, 0.1) is 5.92 Å².